The minimum Gasteiger partial charge on any atom is -0.489 e. The average molecular weight is 515 g/mol. The van der Waals surface area contributed by atoms with Gasteiger partial charge in [-0.05, 0) is 56.2 Å². The second-order valence-corrected chi connectivity index (χ2v) is 9.19. The molecular weight excluding hydrogens is 487 g/mol. The Balaban J connectivity index is 1.78. The Kier molecular flexibility index (Phi) is 8.47. The molecule has 0 aliphatic rings. The zero-order valence-corrected chi connectivity index (χ0v) is 21.2. The van der Waals surface area contributed by atoms with Crippen molar-refractivity contribution in [3.63, 3.8) is 0 Å². The van der Waals surface area contributed by atoms with Gasteiger partial charge in [-0.3, -0.25) is 14.4 Å². The molecule has 0 saturated heterocycles. The minimum absolute atomic E-state index is 0.0808. The number of rotatable bonds is 10. The van der Waals surface area contributed by atoms with E-state index in [4.69, 9.17) is 22.1 Å². The standard InChI is InChI=1S/C26H28ClFN4O4/c1-14(2)36-23-8-6-17(11-20(23)27)26(35)30-18(12-24(29)34)9-16-5-7-19(21(28)10-16)22-13-32(4)25(31-22)15(3)33/h5-8,10-11,13-14,18H,9,12H2,1-4H3,(H2,29,34)(H,30,35)/t18-/m0/s1. The van der Waals surface area contributed by atoms with Gasteiger partial charge in [-0.1, -0.05) is 17.7 Å². The van der Waals surface area contributed by atoms with Crippen molar-refractivity contribution in [1.29, 1.82) is 0 Å². The van der Waals surface area contributed by atoms with Gasteiger partial charge in [0, 0.05) is 43.8 Å². The van der Waals surface area contributed by atoms with Crippen LogP contribution >= 0.6 is 11.6 Å². The second kappa shape index (κ2) is 11.3. The van der Waals surface area contributed by atoms with E-state index in [0.29, 0.717) is 17.0 Å². The lowest BCUT2D eigenvalue weighted by Gasteiger charge is -2.18. The topological polar surface area (TPSA) is 116 Å². The Morgan fingerprint density at radius 1 is 1.19 bits per heavy atom. The van der Waals surface area contributed by atoms with Gasteiger partial charge in [-0.2, -0.15) is 0 Å². The molecule has 0 aliphatic carbocycles. The molecule has 2 amide bonds. The molecular formula is C26H28ClFN4O4. The summed E-state index contributed by atoms with van der Waals surface area (Å²) in [6.45, 7) is 5.11. The van der Waals surface area contributed by atoms with Crippen LogP contribution in [0.2, 0.25) is 5.02 Å². The Morgan fingerprint density at radius 3 is 2.47 bits per heavy atom. The van der Waals surface area contributed by atoms with Crippen molar-refractivity contribution in [3.05, 3.63) is 70.4 Å². The number of hydrogen-bond acceptors (Lipinski definition) is 5. The zero-order valence-electron chi connectivity index (χ0n) is 20.5. The van der Waals surface area contributed by atoms with Gasteiger partial charge in [0.1, 0.15) is 11.6 Å². The molecule has 1 heterocycles. The summed E-state index contributed by atoms with van der Waals surface area (Å²) >= 11 is 6.23. The number of nitrogens with zero attached hydrogens (tertiary/aromatic N) is 2. The number of carbonyl (C=O) groups is 3. The number of halogens is 2. The van der Waals surface area contributed by atoms with Gasteiger partial charge in [0.05, 0.1) is 16.8 Å². The maximum atomic E-state index is 15.0. The first-order valence-electron chi connectivity index (χ1n) is 11.3. The van der Waals surface area contributed by atoms with E-state index in [2.05, 4.69) is 10.3 Å². The molecule has 0 unspecified atom stereocenters. The lowest BCUT2D eigenvalue weighted by molar-refractivity contribution is -0.118. The molecule has 0 fully saturated rings. The highest BCUT2D eigenvalue weighted by molar-refractivity contribution is 6.32. The van der Waals surface area contributed by atoms with E-state index in [0.717, 1.165) is 0 Å². The molecule has 3 N–H and O–H groups in total. The molecule has 0 spiro atoms. The Morgan fingerprint density at radius 2 is 1.92 bits per heavy atom. The van der Waals surface area contributed by atoms with E-state index in [1.807, 2.05) is 13.8 Å². The number of hydrogen-bond donors (Lipinski definition) is 2. The largest absolute Gasteiger partial charge is 0.489 e. The van der Waals surface area contributed by atoms with Crippen molar-refractivity contribution in [3.8, 4) is 17.0 Å². The van der Waals surface area contributed by atoms with E-state index < -0.39 is 23.7 Å². The summed E-state index contributed by atoms with van der Waals surface area (Å²) in [5.74, 6) is -1.16. The molecule has 3 rings (SSSR count). The third-order valence-corrected chi connectivity index (χ3v) is 5.62. The smallest absolute Gasteiger partial charge is 0.251 e. The lowest BCUT2D eigenvalue weighted by atomic mass is 10.00. The van der Waals surface area contributed by atoms with Gasteiger partial charge in [0.25, 0.3) is 5.91 Å². The summed E-state index contributed by atoms with van der Waals surface area (Å²) in [5, 5.41) is 3.06. The van der Waals surface area contributed by atoms with E-state index in [9.17, 15) is 18.8 Å². The van der Waals surface area contributed by atoms with E-state index in [1.54, 1.807) is 37.5 Å². The first-order valence-corrected chi connectivity index (χ1v) is 11.7. The fourth-order valence-electron chi connectivity index (χ4n) is 3.78. The van der Waals surface area contributed by atoms with Crippen LogP contribution in [0.3, 0.4) is 0 Å². The highest BCUT2D eigenvalue weighted by atomic mass is 35.5. The maximum absolute atomic E-state index is 15.0. The normalized spacial score (nSPS) is 11.9. The Hall–Kier alpha value is -3.72. The lowest BCUT2D eigenvalue weighted by Crippen LogP contribution is -2.39. The first kappa shape index (κ1) is 26.9. The number of ether oxygens (including phenoxy) is 1. The summed E-state index contributed by atoms with van der Waals surface area (Å²) in [5.41, 5.74) is 6.77. The molecule has 0 aliphatic heterocycles. The van der Waals surface area contributed by atoms with Crippen LogP contribution in [0.15, 0.2) is 42.6 Å². The number of amides is 2. The van der Waals surface area contributed by atoms with Crippen LogP contribution in [0.4, 0.5) is 4.39 Å². The number of benzene rings is 2. The molecule has 8 nitrogen and oxygen atoms in total. The van der Waals surface area contributed by atoms with Gasteiger partial charge in [0.2, 0.25) is 5.91 Å². The fraction of sp³-hybridized carbons (Fsp3) is 0.308. The summed E-state index contributed by atoms with van der Waals surface area (Å²) in [6.07, 6.45) is 1.52. The van der Waals surface area contributed by atoms with Crippen molar-refractivity contribution in [1.82, 2.24) is 14.9 Å². The van der Waals surface area contributed by atoms with Crippen LogP contribution in [0.25, 0.3) is 11.3 Å². The number of carbonyl (C=O) groups excluding carboxylic acids is 3. The van der Waals surface area contributed by atoms with Crippen LogP contribution in [0, 0.1) is 5.82 Å². The highest BCUT2D eigenvalue weighted by Crippen LogP contribution is 2.27. The SMILES string of the molecule is CC(=O)c1nc(-c2ccc(C[C@@H](CC(N)=O)NC(=O)c3ccc(OC(C)C)c(Cl)c3)cc2F)cn1C. The summed E-state index contributed by atoms with van der Waals surface area (Å²) in [4.78, 5) is 40.3. The van der Waals surface area contributed by atoms with Crippen molar-refractivity contribution in [2.24, 2.45) is 12.8 Å². The predicted molar refractivity (Wildman–Crippen MR) is 135 cm³/mol. The third kappa shape index (κ3) is 6.69. The summed E-state index contributed by atoms with van der Waals surface area (Å²) < 4.78 is 22.1. The number of aryl methyl sites for hydroxylation is 1. The van der Waals surface area contributed by atoms with E-state index in [1.165, 1.54) is 23.6 Å². The molecule has 2 aromatic carbocycles. The average Bonchev–Trinajstić information content (AvgIpc) is 3.16. The first-order chi connectivity index (χ1) is 16.9. The molecule has 10 heteroatoms. The molecule has 1 aromatic heterocycles. The summed E-state index contributed by atoms with van der Waals surface area (Å²) in [6, 6.07) is 8.51. The zero-order chi connectivity index (χ0) is 26.6. The van der Waals surface area contributed by atoms with Gasteiger partial charge in [-0.25, -0.2) is 9.37 Å². The maximum Gasteiger partial charge on any atom is 0.251 e. The number of primary amides is 1. The molecule has 190 valence electrons. The molecule has 3 aromatic rings. The van der Waals surface area contributed by atoms with Crippen molar-refractivity contribution in [2.45, 2.75) is 45.8 Å². The van der Waals surface area contributed by atoms with Crippen molar-refractivity contribution in [2.75, 3.05) is 0 Å². The van der Waals surface area contributed by atoms with Crippen LogP contribution in [0.5, 0.6) is 5.75 Å². The van der Waals surface area contributed by atoms with Gasteiger partial charge < -0.3 is 20.4 Å². The predicted octanol–water partition coefficient (Wildman–Crippen LogP) is 4.09. The monoisotopic (exact) mass is 514 g/mol. The van der Waals surface area contributed by atoms with Crippen molar-refractivity contribution >= 4 is 29.2 Å². The van der Waals surface area contributed by atoms with Gasteiger partial charge >= 0.3 is 0 Å². The second-order valence-electron chi connectivity index (χ2n) is 8.79. The number of aromatic nitrogens is 2. The van der Waals surface area contributed by atoms with Gasteiger partial charge in [-0.15, -0.1) is 0 Å². The van der Waals surface area contributed by atoms with Crippen LogP contribution in [0.1, 0.15) is 53.7 Å². The van der Waals surface area contributed by atoms with Crippen LogP contribution in [-0.4, -0.2) is 39.3 Å². The van der Waals surface area contributed by atoms with Crippen LogP contribution in [-0.2, 0) is 18.3 Å². The number of ketones is 1. The number of nitrogens with one attached hydrogen (secondary N) is 1. The van der Waals surface area contributed by atoms with Gasteiger partial charge in [0.15, 0.2) is 11.6 Å². The molecule has 36 heavy (non-hydrogen) atoms. The number of Topliss-reactive ketones (excluding diaryl/α,β-unsaturated/α-hetero) is 1. The Labute approximate surface area is 213 Å². The number of imidazole rings is 1. The highest BCUT2D eigenvalue weighted by Gasteiger charge is 2.20. The van der Waals surface area contributed by atoms with Crippen LogP contribution < -0.4 is 15.8 Å². The summed E-state index contributed by atoms with van der Waals surface area (Å²) in [7, 11) is 1.66. The van der Waals surface area contributed by atoms with Crippen molar-refractivity contribution < 1.29 is 23.5 Å². The van der Waals surface area contributed by atoms with E-state index in [-0.39, 0.29) is 46.7 Å². The Bertz CT molecular complexity index is 1310. The van der Waals surface area contributed by atoms with E-state index >= 15 is 0 Å². The third-order valence-electron chi connectivity index (χ3n) is 5.32. The minimum atomic E-state index is -0.676. The molecule has 0 saturated carbocycles. The fourth-order valence-corrected chi connectivity index (χ4v) is 4.00. The molecule has 0 bridgehead atoms. The number of nitrogens with two attached hydrogens (primary N) is 1. The molecule has 1 atom stereocenters. The quantitative estimate of drug-likeness (QED) is 0.395. The molecule has 0 radical (unpaired) electrons.